The number of benzene rings is 3. The summed E-state index contributed by atoms with van der Waals surface area (Å²) >= 11 is 1.37. The fourth-order valence-electron chi connectivity index (χ4n) is 3.53. The molecule has 0 spiro atoms. The van der Waals surface area contributed by atoms with E-state index in [0.29, 0.717) is 17.9 Å². The predicted molar refractivity (Wildman–Crippen MR) is 123 cm³/mol. The number of hydrogen-bond donors (Lipinski definition) is 1. The van der Waals surface area contributed by atoms with Crippen molar-refractivity contribution in [3.63, 3.8) is 0 Å². The number of ether oxygens (including phenoxy) is 1. The second-order valence-corrected chi connectivity index (χ2v) is 8.26. The summed E-state index contributed by atoms with van der Waals surface area (Å²) in [4.78, 5) is 24.5. The number of rotatable bonds is 8. The fraction of sp³-hybridized carbons (Fsp3) is 0.200. The molecule has 158 valence electrons. The van der Waals surface area contributed by atoms with Gasteiger partial charge in [0.15, 0.2) is 0 Å². The van der Waals surface area contributed by atoms with Gasteiger partial charge in [0.2, 0.25) is 5.91 Å². The number of carbonyl (C=O) groups is 2. The standard InChI is InChI=1S/C25H24N2O3S/c28-24-16-13-21(27(24)31-18-26-25(29)20-7-3-1-4-8-20)17-19-11-14-23(15-12-19)30-22-9-5-2-6-10-22/h1-12,14-15,21H,13,16-18H2,(H,26,29)/t21-/m1/s1. The first kappa shape index (κ1) is 21.0. The van der Waals surface area contributed by atoms with Gasteiger partial charge in [-0.2, -0.15) is 0 Å². The van der Waals surface area contributed by atoms with Gasteiger partial charge in [-0.25, -0.2) is 0 Å². The average molecular weight is 433 g/mol. The van der Waals surface area contributed by atoms with E-state index in [1.165, 1.54) is 11.9 Å². The third-order valence-corrected chi connectivity index (χ3v) is 6.17. The first-order chi connectivity index (χ1) is 15.2. The van der Waals surface area contributed by atoms with Gasteiger partial charge in [0.1, 0.15) is 11.5 Å². The Morgan fingerprint density at radius 3 is 2.29 bits per heavy atom. The van der Waals surface area contributed by atoms with Crippen molar-refractivity contribution in [3.8, 4) is 11.5 Å². The maximum absolute atomic E-state index is 12.4. The maximum atomic E-state index is 12.4. The summed E-state index contributed by atoms with van der Waals surface area (Å²) in [6.45, 7) is 0. The van der Waals surface area contributed by atoms with E-state index in [1.807, 2.05) is 77.1 Å². The monoisotopic (exact) mass is 432 g/mol. The molecule has 3 aromatic carbocycles. The van der Waals surface area contributed by atoms with Crippen molar-refractivity contribution in [2.45, 2.75) is 25.3 Å². The van der Waals surface area contributed by atoms with Crippen molar-refractivity contribution in [2.75, 3.05) is 5.88 Å². The molecule has 5 nitrogen and oxygen atoms in total. The Labute approximate surface area is 186 Å². The van der Waals surface area contributed by atoms with E-state index in [0.717, 1.165) is 29.9 Å². The van der Waals surface area contributed by atoms with Crippen molar-refractivity contribution < 1.29 is 14.3 Å². The van der Waals surface area contributed by atoms with Crippen LogP contribution in [0.15, 0.2) is 84.9 Å². The van der Waals surface area contributed by atoms with Gasteiger partial charge >= 0.3 is 0 Å². The zero-order valence-electron chi connectivity index (χ0n) is 17.1. The molecule has 31 heavy (non-hydrogen) atoms. The van der Waals surface area contributed by atoms with Gasteiger partial charge in [0.25, 0.3) is 5.91 Å². The molecule has 2 amide bonds. The van der Waals surface area contributed by atoms with Gasteiger partial charge in [0.05, 0.1) is 5.88 Å². The smallest absolute Gasteiger partial charge is 0.251 e. The van der Waals surface area contributed by atoms with Crippen LogP contribution in [-0.2, 0) is 11.2 Å². The SMILES string of the molecule is O=C(NCSN1C(=O)CC[C@@H]1Cc1ccc(Oc2ccccc2)cc1)c1ccccc1. The van der Waals surface area contributed by atoms with Crippen molar-refractivity contribution in [2.24, 2.45) is 0 Å². The zero-order valence-corrected chi connectivity index (χ0v) is 17.9. The van der Waals surface area contributed by atoms with Crippen LogP contribution in [-0.4, -0.2) is 28.0 Å². The van der Waals surface area contributed by atoms with Crippen LogP contribution in [0.3, 0.4) is 0 Å². The van der Waals surface area contributed by atoms with E-state index in [4.69, 9.17) is 4.74 Å². The predicted octanol–water partition coefficient (Wildman–Crippen LogP) is 5.05. The van der Waals surface area contributed by atoms with Gasteiger partial charge in [-0.05, 0) is 66.8 Å². The van der Waals surface area contributed by atoms with Crippen LogP contribution in [0.2, 0.25) is 0 Å². The van der Waals surface area contributed by atoms with Crippen LogP contribution in [0.1, 0.15) is 28.8 Å². The Morgan fingerprint density at radius 1 is 0.935 bits per heavy atom. The molecule has 1 saturated heterocycles. The van der Waals surface area contributed by atoms with Crippen LogP contribution >= 0.6 is 11.9 Å². The lowest BCUT2D eigenvalue weighted by Crippen LogP contribution is -2.32. The molecular weight excluding hydrogens is 408 g/mol. The molecule has 0 saturated carbocycles. The minimum atomic E-state index is -0.134. The lowest BCUT2D eigenvalue weighted by Gasteiger charge is -2.23. The largest absolute Gasteiger partial charge is 0.457 e. The highest BCUT2D eigenvalue weighted by molar-refractivity contribution is 7.97. The Morgan fingerprint density at radius 2 is 1.58 bits per heavy atom. The maximum Gasteiger partial charge on any atom is 0.251 e. The van der Waals surface area contributed by atoms with Crippen LogP contribution in [0.5, 0.6) is 11.5 Å². The molecule has 0 aromatic heterocycles. The molecule has 6 heteroatoms. The van der Waals surface area contributed by atoms with E-state index < -0.39 is 0 Å². The minimum absolute atomic E-state index is 0.118. The molecule has 1 heterocycles. The summed E-state index contributed by atoms with van der Waals surface area (Å²) in [6, 6.07) is 26.9. The summed E-state index contributed by atoms with van der Waals surface area (Å²) in [5, 5.41) is 2.88. The Balaban J connectivity index is 1.30. The molecule has 0 unspecified atom stereocenters. The van der Waals surface area contributed by atoms with E-state index in [1.54, 1.807) is 12.1 Å². The molecule has 1 aliphatic rings. The molecule has 3 aromatic rings. The lowest BCUT2D eigenvalue weighted by atomic mass is 10.0. The van der Waals surface area contributed by atoms with E-state index in [-0.39, 0.29) is 17.9 Å². The van der Waals surface area contributed by atoms with Gasteiger partial charge < -0.3 is 10.1 Å². The van der Waals surface area contributed by atoms with E-state index in [9.17, 15) is 9.59 Å². The minimum Gasteiger partial charge on any atom is -0.457 e. The van der Waals surface area contributed by atoms with Gasteiger partial charge in [-0.1, -0.05) is 48.5 Å². The summed E-state index contributed by atoms with van der Waals surface area (Å²) in [5.41, 5.74) is 1.77. The molecule has 1 atom stereocenters. The van der Waals surface area contributed by atoms with Crippen molar-refractivity contribution in [1.29, 1.82) is 0 Å². The Kier molecular flexibility index (Phi) is 6.89. The molecule has 4 rings (SSSR count). The summed E-state index contributed by atoms with van der Waals surface area (Å²) in [6.07, 6.45) is 2.14. The normalized spacial score (nSPS) is 15.7. The van der Waals surface area contributed by atoms with Gasteiger partial charge in [0, 0.05) is 18.0 Å². The number of amides is 2. The van der Waals surface area contributed by atoms with Crippen LogP contribution < -0.4 is 10.1 Å². The highest BCUT2D eigenvalue weighted by Crippen LogP contribution is 2.29. The molecule has 1 fully saturated rings. The second kappa shape index (κ2) is 10.2. The number of nitrogens with zero attached hydrogens (tertiary/aromatic N) is 1. The topological polar surface area (TPSA) is 58.6 Å². The van der Waals surface area contributed by atoms with Gasteiger partial charge in [-0.3, -0.25) is 13.9 Å². The first-order valence-electron chi connectivity index (χ1n) is 10.3. The molecule has 1 N–H and O–H groups in total. The molecule has 0 radical (unpaired) electrons. The van der Waals surface area contributed by atoms with Crippen molar-refractivity contribution in [1.82, 2.24) is 9.62 Å². The third-order valence-electron chi connectivity index (χ3n) is 5.11. The van der Waals surface area contributed by atoms with Gasteiger partial charge in [-0.15, -0.1) is 0 Å². The molecular formula is C25H24N2O3S. The number of nitrogens with one attached hydrogen (secondary N) is 1. The van der Waals surface area contributed by atoms with Crippen LogP contribution in [0.25, 0.3) is 0 Å². The van der Waals surface area contributed by atoms with Crippen LogP contribution in [0, 0.1) is 0 Å². The molecule has 1 aliphatic heterocycles. The van der Waals surface area contributed by atoms with Crippen molar-refractivity contribution in [3.05, 3.63) is 96.1 Å². The molecule has 0 bridgehead atoms. The first-order valence-corrected chi connectivity index (χ1v) is 11.2. The number of para-hydroxylation sites is 1. The molecule has 0 aliphatic carbocycles. The highest BCUT2D eigenvalue weighted by atomic mass is 32.2. The summed E-state index contributed by atoms with van der Waals surface area (Å²) in [7, 11) is 0. The van der Waals surface area contributed by atoms with E-state index in [2.05, 4.69) is 5.32 Å². The Bertz CT molecular complexity index is 1010. The van der Waals surface area contributed by atoms with Crippen molar-refractivity contribution >= 4 is 23.8 Å². The third kappa shape index (κ3) is 5.67. The van der Waals surface area contributed by atoms with E-state index >= 15 is 0 Å². The second-order valence-electron chi connectivity index (χ2n) is 7.32. The average Bonchev–Trinajstić information content (AvgIpc) is 3.15. The lowest BCUT2D eigenvalue weighted by molar-refractivity contribution is -0.124. The highest BCUT2D eigenvalue weighted by Gasteiger charge is 2.31. The summed E-state index contributed by atoms with van der Waals surface area (Å²) in [5.74, 6) is 1.93. The summed E-state index contributed by atoms with van der Waals surface area (Å²) < 4.78 is 7.66. The number of hydrogen-bond acceptors (Lipinski definition) is 4. The number of carbonyl (C=O) groups excluding carboxylic acids is 2. The Hall–Kier alpha value is -3.25. The van der Waals surface area contributed by atoms with Crippen LogP contribution in [0.4, 0.5) is 0 Å². The zero-order chi connectivity index (χ0) is 21.5. The quantitative estimate of drug-likeness (QED) is 0.400. The fourth-order valence-corrected chi connectivity index (χ4v) is 4.49.